The minimum Gasteiger partial charge on any atom is -0.468 e. The average Bonchev–Trinajstić information content (AvgIpc) is 3.25. The molecule has 4 rings (SSSR count). The zero-order valence-electron chi connectivity index (χ0n) is 13.8. The summed E-state index contributed by atoms with van der Waals surface area (Å²) in [7, 11) is 1.40. The Morgan fingerprint density at radius 2 is 2.04 bits per heavy atom. The van der Waals surface area contributed by atoms with Crippen molar-refractivity contribution in [1.82, 2.24) is 4.90 Å². The predicted octanol–water partition coefficient (Wildman–Crippen LogP) is 2.56. The maximum atomic E-state index is 12.8. The summed E-state index contributed by atoms with van der Waals surface area (Å²) < 4.78 is 5.15. The molecule has 0 aromatic heterocycles. The van der Waals surface area contributed by atoms with Crippen molar-refractivity contribution in [2.75, 3.05) is 13.7 Å². The summed E-state index contributed by atoms with van der Waals surface area (Å²) in [5, 5.41) is 12.3. The molecular formula is C18H22N2O4. The van der Waals surface area contributed by atoms with Crippen LogP contribution in [0.25, 0.3) is 0 Å². The van der Waals surface area contributed by atoms with Crippen molar-refractivity contribution in [3.63, 3.8) is 0 Å². The topological polar surface area (TPSA) is 72.7 Å². The summed E-state index contributed by atoms with van der Waals surface area (Å²) >= 11 is 0. The van der Waals surface area contributed by atoms with Gasteiger partial charge in [-0.15, -0.1) is 0 Å². The first-order valence-corrected chi connectivity index (χ1v) is 8.63. The maximum absolute atomic E-state index is 12.8. The SMILES string of the molecule is COC(=O)[C@]12CCCN1[C@@H](c1ccccc1)[C@]1([N+](=O)[O-])CCC[C@@H]12. The highest BCUT2D eigenvalue weighted by atomic mass is 16.6. The number of rotatable bonds is 3. The minimum absolute atomic E-state index is 0.0919. The molecule has 128 valence electrons. The number of carbonyl (C=O) groups is 1. The lowest BCUT2D eigenvalue weighted by molar-refractivity contribution is -0.580. The summed E-state index contributed by atoms with van der Waals surface area (Å²) in [6.45, 7) is 0.709. The third-order valence-electron chi connectivity index (χ3n) is 6.50. The van der Waals surface area contributed by atoms with Crippen molar-refractivity contribution in [2.24, 2.45) is 5.92 Å². The van der Waals surface area contributed by atoms with Gasteiger partial charge in [0.1, 0.15) is 11.6 Å². The Labute approximate surface area is 140 Å². The fraction of sp³-hybridized carbons (Fsp3) is 0.611. The third kappa shape index (κ3) is 1.67. The van der Waals surface area contributed by atoms with Crippen LogP contribution in [-0.2, 0) is 9.53 Å². The van der Waals surface area contributed by atoms with Crippen LogP contribution in [0.3, 0.4) is 0 Å². The van der Waals surface area contributed by atoms with Crippen LogP contribution < -0.4 is 0 Å². The van der Waals surface area contributed by atoms with Gasteiger partial charge in [0.05, 0.1) is 13.0 Å². The van der Waals surface area contributed by atoms with Gasteiger partial charge >= 0.3 is 5.97 Å². The number of nitro groups is 1. The number of carbonyl (C=O) groups excluding carboxylic acids is 1. The molecule has 4 atom stereocenters. The molecule has 1 aromatic rings. The molecule has 0 bridgehead atoms. The van der Waals surface area contributed by atoms with E-state index in [2.05, 4.69) is 4.90 Å². The van der Waals surface area contributed by atoms with E-state index >= 15 is 0 Å². The van der Waals surface area contributed by atoms with Crippen LogP contribution in [-0.4, -0.2) is 40.5 Å². The van der Waals surface area contributed by atoms with Crippen LogP contribution in [0.1, 0.15) is 43.7 Å². The Morgan fingerprint density at radius 3 is 2.71 bits per heavy atom. The first kappa shape index (κ1) is 15.6. The Hall–Kier alpha value is -1.95. The van der Waals surface area contributed by atoms with Crippen LogP contribution in [0.15, 0.2) is 30.3 Å². The van der Waals surface area contributed by atoms with E-state index in [1.807, 2.05) is 30.3 Å². The molecule has 1 saturated carbocycles. The molecule has 0 spiro atoms. The molecule has 2 heterocycles. The summed E-state index contributed by atoms with van der Waals surface area (Å²) in [5.74, 6) is -0.572. The standard InChI is InChI=1S/C18H22N2O4/c1-24-16(21)18-11-6-12-19(18)15(13-7-3-2-4-8-13)17(20(22)23)10-5-9-14(17)18/h2-4,7-8,14-15H,5-6,9-12H2,1H3/t14-,15-,17-,18+/m0/s1. The van der Waals surface area contributed by atoms with Gasteiger partial charge in [0.2, 0.25) is 5.54 Å². The average molecular weight is 330 g/mol. The van der Waals surface area contributed by atoms with Crippen LogP contribution in [0.4, 0.5) is 0 Å². The predicted molar refractivity (Wildman–Crippen MR) is 86.9 cm³/mol. The molecule has 3 fully saturated rings. The van der Waals surface area contributed by atoms with Gasteiger partial charge in [-0.25, -0.2) is 0 Å². The van der Waals surface area contributed by atoms with Crippen LogP contribution in [0.5, 0.6) is 0 Å². The van der Waals surface area contributed by atoms with Crippen molar-refractivity contribution in [1.29, 1.82) is 0 Å². The lowest BCUT2D eigenvalue weighted by Crippen LogP contribution is -2.52. The van der Waals surface area contributed by atoms with Gasteiger partial charge in [0.25, 0.3) is 0 Å². The molecule has 0 unspecified atom stereocenters. The summed E-state index contributed by atoms with van der Waals surface area (Å²) in [4.78, 5) is 27.1. The first-order chi connectivity index (χ1) is 11.6. The number of ether oxygens (including phenoxy) is 1. The molecule has 0 amide bonds. The van der Waals surface area contributed by atoms with Crippen molar-refractivity contribution in [3.8, 4) is 0 Å². The quantitative estimate of drug-likeness (QED) is 0.484. The largest absolute Gasteiger partial charge is 0.468 e. The maximum Gasteiger partial charge on any atom is 0.326 e. The zero-order valence-corrected chi connectivity index (χ0v) is 13.8. The van der Waals surface area contributed by atoms with Gasteiger partial charge in [-0.1, -0.05) is 30.3 Å². The second-order valence-electron chi connectivity index (χ2n) is 7.22. The Bertz CT molecular complexity index is 679. The molecule has 1 aliphatic carbocycles. The number of hydrogen-bond donors (Lipinski definition) is 0. The minimum atomic E-state index is -1.09. The summed E-state index contributed by atoms with van der Waals surface area (Å²) in [6, 6.07) is 9.31. The monoisotopic (exact) mass is 330 g/mol. The second-order valence-corrected chi connectivity index (χ2v) is 7.22. The molecular weight excluding hydrogens is 308 g/mol. The highest BCUT2D eigenvalue weighted by Gasteiger charge is 2.78. The molecule has 24 heavy (non-hydrogen) atoms. The van der Waals surface area contributed by atoms with Gasteiger partial charge in [0, 0.05) is 17.9 Å². The van der Waals surface area contributed by atoms with E-state index in [1.165, 1.54) is 7.11 Å². The molecule has 6 heteroatoms. The number of benzene rings is 1. The van der Waals surface area contributed by atoms with Crippen LogP contribution >= 0.6 is 0 Å². The van der Waals surface area contributed by atoms with Crippen molar-refractivity contribution in [3.05, 3.63) is 46.0 Å². The van der Waals surface area contributed by atoms with Crippen LogP contribution in [0, 0.1) is 16.0 Å². The molecule has 3 aliphatic rings. The Morgan fingerprint density at radius 1 is 1.29 bits per heavy atom. The molecule has 2 aliphatic heterocycles. The van der Waals surface area contributed by atoms with Gasteiger partial charge in [-0.05, 0) is 31.2 Å². The molecule has 0 radical (unpaired) electrons. The normalized spacial score (nSPS) is 37.9. The van der Waals surface area contributed by atoms with E-state index in [0.29, 0.717) is 19.4 Å². The highest BCUT2D eigenvalue weighted by molar-refractivity contribution is 5.83. The smallest absolute Gasteiger partial charge is 0.326 e. The van der Waals surface area contributed by atoms with E-state index in [-0.39, 0.29) is 22.9 Å². The molecule has 0 N–H and O–H groups in total. The van der Waals surface area contributed by atoms with Crippen molar-refractivity contribution < 1.29 is 14.5 Å². The van der Waals surface area contributed by atoms with E-state index in [9.17, 15) is 14.9 Å². The Balaban J connectivity index is 1.94. The number of fused-ring (bicyclic) bond motifs is 3. The van der Waals surface area contributed by atoms with Crippen molar-refractivity contribution >= 4 is 5.97 Å². The summed E-state index contributed by atoms with van der Waals surface area (Å²) in [6.07, 6.45) is 3.57. The third-order valence-corrected chi connectivity index (χ3v) is 6.50. The highest BCUT2D eigenvalue weighted by Crippen LogP contribution is 2.64. The number of hydrogen-bond acceptors (Lipinski definition) is 5. The fourth-order valence-corrected chi connectivity index (χ4v) is 5.82. The van der Waals surface area contributed by atoms with E-state index in [4.69, 9.17) is 4.74 Å². The van der Waals surface area contributed by atoms with Gasteiger partial charge in [-0.3, -0.25) is 19.8 Å². The number of nitrogens with zero attached hydrogens (tertiary/aromatic N) is 2. The van der Waals surface area contributed by atoms with Gasteiger partial charge in [0.15, 0.2) is 0 Å². The lowest BCUT2D eigenvalue weighted by atomic mass is 9.73. The van der Waals surface area contributed by atoms with Crippen LogP contribution in [0.2, 0.25) is 0 Å². The van der Waals surface area contributed by atoms with Gasteiger partial charge < -0.3 is 4.74 Å². The van der Waals surface area contributed by atoms with Gasteiger partial charge in [-0.2, -0.15) is 0 Å². The number of esters is 1. The van der Waals surface area contributed by atoms with E-state index in [0.717, 1.165) is 24.8 Å². The number of methoxy groups -OCH3 is 1. The Kier molecular flexibility index (Phi) is 3.42. The first-order valence-electron chi connectivity index (χ1n) is 8.63. The molecule has 6 nitrogen and oxygen atoms in total. The molecule has 2 saturated heterocycles. The lowest BCUT2D eigenvalue weighted by Gasteiger charge is -2.34. The summed E-state index contributed by atoms with van der Waals surface area (Å²) in [5.41, 5.74) is -0.983. The van der Waals surface area contributed by atoms with Crippen molar-refractivity contribution in [2.45, 2.75) is 49.2 Å². The molecule has 1 aromatic carbocycles. The zero-order chi connectivity index (χ0) is 16.9. The van der Waals surface area contributed by atoms with E-state index < -0.39 is 11.1 Å². The van der Waals surface area contributed by atoms with E-state index in [1.54, 1.807) is 0 Å². The second kappa shape index (κ2) is 5.28. The fourth-order valence-electron chi connectivity index (χ4n) is 5.82.